The molecule has 1 aromatic rings. The molecule has 0 amide bonds. The van der Waals surface area contributed by atoms with E-state index >= 15 is 0 Å². The third-order valence-electron chi connectivity index (χ3n) is 2.71. The maximum absolute atomic E-state index is 4.45. The van der Waals surface area contributed by atoms with Crippen LogP contribution >= 0.6 is 11.3 Å². The van der Waals surface area contributed by atoms with Crippen molar-refractivity contribution in [3.05, 3.63) is 21.4 Å². The quantitative estimate of drug-likeness (QED) is 0.692. The second-order valence-electron chi connectivity index (χ2n) is 4.00. The van der Waals surface area contributed by atoms with E-state index in [1.165, 1.54) is 21.0 Å². The monoisotopic (exact) mass is 208 g/mol. The smallest absolute Gasteiger partial charge is 0.0780 e. The molecule has 3 heteroatoms. The second kappa shape index (κ2) is 3.39. The lowest BCUT2D eigenvalue weighted by molar-refractivity contribution is 0.289. The summed E-state index contributed by atoms with van der Waals surface area (Å²) in [5, 5.41) is 6.54. The molecule has 0 aromatic carbocycles. The fraction of sp³-hybridized carbons (Fsp3) is 0.545. The van der Waals surface area contributed by atoms with Crippen LogP contribution in [0.15, 0.2) is 11.2 Å². The molecule has 1 aromatic heterocycles. The van der Waals surface area contributed by atoms with E-state index in [0.29, 0.717) is 6.04 Å². The van der Waals surface area contributed by atoms with Crippen LogP contribution in [-0.2, 0) is 0 Å². The van der Waals surface area contributed by atoms with Crippen molar-refractivity contribution in [3.63, 3.8) is 0 Å². The lowest BCUT2D eigenvalue weighted by Crippen LogP contribution is -2.13. The normalized spacial score (nSPS) is 21.6. The number of hydrogen-bond acceptors (Lipinski definition) is 3. The highest BCUT2D eigenvalue weighted by Gasteiger charge is 2.25. The van der Waals surface area contributed by atoms with Crippen molar-refractivity contribution in [2.45, 2.75) is 33.2 Å². The molecule has 14 heavy (non-hydrogen) atoms. The van der Waals surface area contributed by atoms with Gasteiger partial charge < -0.3 is 0 Å². The molecule has 1 aliphatic heterocycles. The minimum atomic E-state index is 0.472. The predicted octanol–water partition coefficient (Wildman–Crippen LogP) is 3.12. The van der Waals surface area contributed by atoms with Gasteiger partial charge in [0.15, 0.2) is 0 Å². The molecule has 1 atom stereocenters. The zero-order chi connectivity index (χ0) is 10.3. The van der Waals surface area contributed by atoms with Gasteiger partial charge in [-0.2, -0.15) is 5.10 Å². The highest BCUT2D eigenvalue weighted by Crippen LogP contribution is 2.34. The Morgan fingerprint density at radius 3 is 2.57 bits per heavy atom. The summed E-state index contributed by atoms with van der Waals surface area (Å²) < 4.78 is 0. The van der Waals surface area contributed by atoms with Gasteiger partial charge in [0.1, 0.15) is 0 Å². The molecule has 2 rings (SSSR count). The van der Waals surface area contributed by atoms with Crippen LogP contribution < -0.4 is 0 Å². The SMILES string of the molecule is CC1=NN(C)C(c2cc(C)sc2C)C1. The molecule has 2 heterocycles. The predicted molar refractivity (Wildman–Crippen MR) is 62.0 cm³/mol. The molecule has 1 unspecified atom stereocenters. The third kappa shape index (κ3) is 1.57. The van der Waals surface area contributed by atoms with Gasteiger partial charge in [0.05, 0.1) is 6.04 Å². The van der Waals surface area contributed by atoms with Gasteiger partial charge in [0.2, 0.25) is 0 Å². The fourth-order valence-electron chi connectivity index (χ4n) is 2.08. The summed E-state index contributed by atoms with van der Waals surface area (Å²) >= 11 is 1.88. The van der Waals surface area contributed by atoms with E-state index in [2.05, 4.69) is 44.0 Å². The summed E-state index contributed by atoms with van der Waals surface area (Å²) in [6, 6.07) is 2.77. The first-order valence-corrected chi connectivity index (χ1v) is 5.73. The average Bonchev–Trinajstić information content (AvgIpc) is 2.55. The Morgan fingerprint density at radius 1 is 1.43 bits per heavy atom. The van der Waals surface area contributed by atoms with Crippen LogP contribution in [0.4, 0.5) is 0 Å². The van der Waals surface area contributed by atoms with Crippen LogP contribution in [0.1, 0.15) is 34.7 Å². The molecule has 0 bridgehead atoms. The van der Waals surface area contributed by atoms with E-state index in [-0.39, 0.29) is 0 Å². The molecule has 0 saturated heterocycles. The highest BCUT2D eigenvalue weighted by molar-refractivity contribution is 7.12. The van der Waals surface area contributed by atoms with Crippen LogP contribution in [0.2, 0.25) is 0 Å². The van der Waals surface area contributed by atoms with Crippen LogP contribution in [0.25, 0.3) is 0 Å². The topological polar surface area (TPSA) is 15.6 Å². The van der Waals surface area contributed by atoms with Crippen molar-refractivity contribution >= 4 is 17.0 Å². The van der Waals surface area contributed by atoms with Crippen molar-refractivity contribution in [1.29, 1.82) is 0 Å². The number of rotatable bonds is 1. The first-order valence-electron chi connectivity index (χ1n) is 4.92. The molecular formula is C11H16N2S. The molecule has 0 fully saturated rings. The summed E-state index contributed by atoms with van der Waals surface area (Å²) in [6.07, 6.45) is 1.08. The Morgan fingerprint density at radius 2 is 2.14 bits per heavy atom. The molecule has 0 spiro atoms. The van der Waals surface area contributed by atoms with Crippen LogP contribution in [0, 0.1) is 13.8 Å². The lowest BCUT2D eigenvalue weighted by atomic mass is 10.0. The molecule has 0 N–H and O–H groups in total. The summed E-state index contributed by atoms with van der Waals surface area (Å²) in [5.41, 5.74) is 2.69. The van der Waals surface area contributed by atoms with E-state index in [1.807, 2.05) is 11.3 Å². The molecule has 0 radical (unpaired) electrons. The van der Waals surface area contributed by atoms with Gasteiger partial charge >= 0.3 is 0 Å². The molecule has 0 aliphatic carbocycles. The number of thiophene rings is 1. The number of hydrogen-bond donors (Lipinski definition) is 0. The number of hydrazone groups is 1. The van der Waals surface area contributed by atoms with E-state index < -0.39 is 0 Å². The van der Waals surface area contributed by atoms with Gasteiger partial charge in [-0.25, -0.2) is 0 Å². The first kappa shape index (κ1) is 9.71. The average molecular weight is 208 g/mol. The zero-order valence-corrected chi connectivity index (χ0v) is 9.98. The maximum atomic E-state index is 4.45. The van der Waals surface area contributed by atoms with Crippen LogP contribution in [0.5, 0.6) is 0 Å². The Balaban J connectivity index is 2.29. The maximum Gasteiger partial charge on any atom is 0.0780 e. The summed E-state index contributed by atoms with van der Waals surface area (Å²) in [7, 11) is 2.06. The molecule has 76 valence electrons. The van der Waals surface area contributed by atoms with Gasteiger partial charge in [0.25, 0.3) is 0 Å². The van der Waals surface area contributed by atoms with E-state index in [4.69, 9.17) is 0 Å². The third-order valence-corrected chi connectivity index (χ3v) is 3.69. The zero-order valence-electron chi connectivity index (χ0n) is 9.16. The first-order chi connectivity index (χ1) is 6.58. The molecular weight excluding hydrogens is 192 g/mol. The van der Waals surface area contributed by atoms with Crippen molar-refractivity contribution in [3.8, 4) is 0 Å². The lowest BCUT2D eigenvalue weighted by Gasteiger charge is -2.18. The van der Waals surface area contributed by atoms with Gasteiger partial charge in [-0.1, -0.05) is 0 Å². The molecule has 0 saturated carbocycles. The van der Waals surface area contributed by atoms with Crippen molar-refractivity contribution in [2.24, 2.45) is 5.10 Å². The van der Waals surface area contributed by atoms with E-state index in [9.17, 15) is 0 Å². The van der Waals surface area contributed by atoms with Gasteiger partial charge in [-0.15, -0.1) is 11.3 Å². The van der Waals surface area contributed by atoms with Gasteiger partial charge in [0, 0.05) is 28.9 Å². The van der Waals surface area contributed by atoms with Crippen molar-refractivity contribution in [2.75, 3.05) is 7.05 Å². The summed E-state index contributed by atoms with van der Waals surface area (Å²) in [6.45, 7) is 6.48. The minimum Gasteiger partial charge on any atom is -0.292 e. The number of aryl methyl sites for hydroxylation is 2. The molecule has 2 nitrogen and oxygen atoms in total. The summed E-state index contributed by atoms with van der Waals surface area (Å²) in [4.78, 5) is 2.83. The van der Waals surface area contributed by atoms with Crippen LogP contribution in [-0.4, -0.2) is 17.8 Å². The fourth-order valence-corrected chi connectivity index (χ4v) is 3.07. The van der Waals surface area contributed by atoms with E-state index in [0.717, 1.165) is 6.42 Å². The Kier molecular flexibility index (Phi) is 2.35. The van der Waals surface area contributed by atoms with E-state index in [1.54, 1.807) is 0 Å². The Hall–Kier alpha value is -0.830. The number of nitrogens with zero attached hydrogens (tertiary/aromatic N) is 2. The largest absolute Gasteiger partial charge is 0.292 e. The highest BCUT2D eigenvalue weighted by atomic mass is 32.1. The van der Waals surface area contributed by atoms with Gasteiger partial charge in [-0.3, -0.25) is 5.01 Å². The Labute approximate surface area is 89.2 Å². The standard InChI is InChI=1S/C11H16N2S/c1-7-5-11(13(4)12-7)10-6-8(2)14-9(10)3/h6,11H,5H2,1-4H3. The second-order valence-corrected chi connectivity index (χ2v) is 5.46. The van der Waals surface area contributed by atoms with Gasteiger partial charge in [-0.05, 0) is 32.4 Å². The molecule has 1 aliphatic rings. The van der Waals surface area contributed by atoms with Crippen molar-refractivity contribution < 1.29 is 0 Å². The van der Waals surface area contributed by atoms with Crippen LogP contribution in [0.3, 0.4) is 0 Å². The summed E-state index contributed by atoms with van der Waals surface area (Å²) in [5.74, 6) is 0. The van der Waals surface area contributed by atoms with Crippen molar-refractivity contribution in [1.82, 2.24) is 5.01 Å². The Bertz CT molecular complexity index is 379. The minimum absolute atomic E-state index is 0.472.